The van der Waals surface area contributed by atoms with Gasteiger partial charge < -0.3 is 25.1 Å². The normalized spacial score (nSPS) is 14.7. The first-order valence-corrected chi connectivity index (χ1v) is 13.4. The number of halogens is 1. The SMILES string of the molecule is COCCCOc1cc(CC(CC(N)C(O)CN(C(C)C)S(C)(=O)=O)C(C)C)ccc1OC.Cl. The molecule has 0 saturated heterocycles. The monoisotopic (exact) mass is 524 g/mol. The minimum Gasteiger partial charge on any atom is -0.493 e. The van der Waals surface area contributed by atoms with E-state index in [9.17, 15) is 13.5 Å². The highest BCUT2D eigenvalue weighted by molar-refractivity contribution is 7.88. The van der Waals surface area contributed by atoms with Gasteiger partial charge in [0.25, 0.3) is 0 Å². The van der Waals surface area contributed by atoms with E-state index < -0.39 is 22.2 Å². The van der Waals surface area contributed by atoms with E-state index in [0.29, 0.717) is 37.1 Å². The summed E-state index contributed by atoms with van der Waals surface area (Å²) >= 11 is 0. The summed E-state index contributed by atoms with van der Waals surface area (Å²) in [5.41, 5.74) is 7.44. The molecule has 0 aliphatic carbocycles. The van der Waals surface area contributed by atoms with E-state index in [0.717, 1.165) is 24.7 Å². The molecule has 200 valence electrons. The number of aliphatic hydroxyl groups is 1. The maximum absolute atomic E-state index is 12.0. The van der Waals surface area contributed by atoms with E-state index in [1.54, 1.807) is 28.1 Å². The third-order valence-electron chi connectivity index (χ3n) is 5.86. The van der Waals surface area contributed by atoms with Crippen LogP contribution in [0.5, 0.6) is 11.5 Å². The number of nitrogens with zero attached hydrogens (tertiary/aromatic N) is 1. The minimum absolute atomic E-state index is 0. The third-order valence-corrected chi connectivity index (χ3v) is 7.28. The molecule has 8 nitrogen and oxygen atoms in total. The zero-order valence-corrected chi connectivity index (χ0v) is 23.3. The fourth-order valence-corrected chi connectivity index (χ4v) is 4.99. The van der Waals surface area contributed by atoms with Crippen LogP contribution in [0.15, 0.2) is 18.2 Å². The van der Waals surface area contributed by atoms with Crippen molar-refractivity contribution in [3.8, 4) is 11.5 Å². The summed E-state index contributed by atoms with van der Waals surface area (Å²) in [5, 5.41) is 10.7. The van der Waals surface area contributed by atoms with Crippen molar-refractivity contribution in [1.82, 2.24) is 4.31 Å². The zero-order valence-electron chi connectivity index (χ0n) is 21.7. The summed E-state index contributed by atoms with van der Waals surface area (Å²) in [5.74, 6) is 1.90. The van der Waals surface area contributed by atoms with Crippen LogP contribution in [0.1, 0.15) is 46.1 Å². The molecule has 10 heteroatoms. The number of ether oxygens (including phenoxy) is 3. The molecule has 3 unspecified atom stereocenters. The number of nitrogens with two attached hydrogens (primary N) is 1. The number of methoxy groups -OCH3 is 2. The molecular formula is C24H45ClN2O6S. The van der Waals surface area contributed by atoms with Crippen LogP contribution in [0.3, 0.4) is 0 Å². The standard InChI is InChI=1S/C24H44N2O6S.ClH/c1-17(2)20(15-21(25)22(27)16-26(18(3)4)33(7,28)29)13-19-9-10-23(31-6)24(14-19)32-12-8-11-30-5;/h9-10,14,17-18,20-22,27H,8,11-13,15-16,25H2,1-7H3;1H. The van der Waals surface area contributed by atoms with Crippen LogP contribution < -0.4 is 15.2 Å². The summed E-state index contributed by atoms with van der Waals surface area (Å²) in [6.45, 7) is 8.99. The molecule has 0 heterocycles. The van der Waals surface area contributed by atoms with Crippen molar-refractivity contribution in [3.05, 3.63) is 23.8 Å². The molecule has 3 N–H and O–H groups in total. The molecule has 0 spiro atoms. The van der Waals surface area contributed by atoms with Crippen LogP contribution >= 0.6 is 12.4 Å². The molecule has 0 aliphatic rings. The summed E-state index contributed by atoms with van der Waals surface area (Å²) in [6, 6.07) is 5.13. The van der Waals surface area contributed by atoms with Crippen molar-refractivity contribution >= 4 is 22.4 Å². The Hall–Kier alpha value is -1.10. The molecule has 0 aromatic heterocycles. The van der Waals surface area contributed by atoms with Gasteiger partial charge in [-0.3, -0.25) is 0 Å². The summed E-state index contributed by atoms with van der Waals surface area (Å²) in [4.78, 5) is 0. The molecule has 34 heavy (non-hydrogen) atoms. The highest BCUT2D eigenvalue weighted by Gasteiger charge is 2.28. The lowest BCUT2D eigenvalue weighted by molar-refractivity contribution is 0.0983. The van der Waals surface area contributed by atoms with Gasteiger partial charge in [0, 0.05) is 38.8 Å². The Kier molecular flexibility index (Phi) is 15.3. The average molecular weight is 525 g/mol. The molecule has 3 atom stereocenters. The molecule has 0 bridgehead atoms. The van der Waals surface area contributed by atoms with Crippen LogP contribution in [-0.2, 0) is 21.2 Å². The molecule has 0 radical (unpaired) electrons. The van der Waals surface area contributed by atoms with E-state index in [4.69, 9.17) is 19.9 Å². The fourth-order valence-electron chi connectivity index (χ4n) is 3.80. The van der Waals surface area contributed by atoms with Gasteiger partial charge in [-0.25, -0.2) is 8.42 Å². The Labute approximate surface area is 212 Å². The van der Waals surface area contributed by atoms with E-state index in [1.807, 2.05) is 18.2 Å². The van der Waals surface area contributed by atoms with Gasteiger partial charge in [0.1, 0.15) is 0 Å². The van der Waals surface area contributed by atoms with Crippen LogP contribution in [0, 0.1) is 11.8 Å². The van der Waals surface area contributed by atoms with Crippen LogP contribution in [0.4, 0.5) is 0 Å². The number of hydrogen-bond acceptors (Lipinski definition) is 7. The molecular weight excluding hydrogens is 480 g/mol. The largest absolute Gasteiger partial charge is 0.493 e. The molecule has 0 fully saturated rings. The van der Waals surface area contributed by atoms with E-state index in [2.05, 4.69) is 13.8 Å². The average Bonchev–Trinajstić information content (AvgIpc) is 2.73. The van der Waals surface area contributed by atoms with Gasteiger partial charge in [-0.1, -0.05) is 19.9 Å². The molecule has 0 saturated carbocycles. The van der Waals surface area contributed by atoms with Crippen LogP contribution in [0.25, 0.3) is 0 Å². The van der Waals surface area contributed by atoms with Gasteiger partial charge in [-0.15, -0.1) is 12.4 Å². The summed E-state index contributed by atoms with van der Waals surface area (Å²) in [6.07, 6.45) is 2.33. The maximum Gasteiger partial charge on any atom is 0.211 e. The van der Waals surface area contributed by atoms with Gasteiger partial charge in [-0.2, -0.15) is 4.31 Å². The Morgan fingerprint density at radius 3 is 2.24 bits per heavy atom. The van der Waals surface area contributed by atoms with Crippen molar-refractivity contribution in [2.45, 2.75) is 65.1 Å². The predicted molar refractivity (Wildman–Crippen MR) is 140 cm³/mol. The first-order valence-electron chi connectivity index (χ1n) is 11.6. The lowest BCUT2D eigenvalue weighted by Crippen LogP contribution is -2.48. The lowest BCUT2D eigenvalue weighted by atomic mass is 9.83. The molecule has 1 rings (SSSR count). The van der Waals surface area contributed by atoms with Crippen molar-refractivity contribution in [2.24, 2.45) is 17.6 Å². The second kappa shape index (κ2) is 15.8. The molecule has 1 aromatic carbocycles. The van der Waals surface area contributed by atoms with Gasteiger partial charge in [-0.05, 0) is 56.2 Å². The van der Waals surface area contributed by atoms with Gasteiger partial charge in [0.05, 0.1) is 26.1 Å². The fraction of sp³-hybridized carbons (Fsp3) is 0.750. The number of hydrogen-bond donors (Lipinski definition) is 2. The van der Waals surface area contributed by atoms with Crippen molar-refractivity contribution < 1.29 is 27.7 Å². The predicted octanol–water partition coefficient (Wildman–Crippen LogP) is 3.10. The van der Waals surface area contributed by atoms with E-state index >= 15 is 0 Å². The lowest BCUT2D eigenvalue weighted by Gasteiger charge is -2.31. The van der Waals surface area contributed by atoms with Crippen LogP contribution in [0.2, 0.25) is 0 Å². The Morgan fingerprint density at radius 1 is 1.09 bits per heavy atom. The number of benzene rings is 1. The maximum atomic E-state index is 12.0. The second-order valence-electron chi connectivity index (χ2n) is 9.28. The minimum atomic E-state index is -3.42. The van der Waals surface area contributed by atoms with Crippen molar-refractivity contribution in [2.75, 3.05) is 40.2 Å². The first kappa shape index (κ1) is 32.9. The Bertz CT molecular complexity index is 807. The van der Waals surface area contributed by atoms with E-state index in [1.165, 1.54) is 4.31 Å². The van der Waals surface area contributed by atoms with Gasteiger partial charge in [0.2, 0.25) is 10.0 Å². The smallest absolute Gasteiger partial charge is 0.211 e. The van der Waals surface area contributed by atoms with E-state index in [-0.39, 0.29) is 30.9 Å². The second-order valence-corrected chi connectivity index (χ2v) is 11.2. The summed E-state index contributed by atoms with van der Waals surface area (Å²) < 4.78 is 41.8. The van der Waals surface area contributed by atoms with Crippen molar-refractivity contribution in [3.63, 3.8) is 0 Å². The Morgan fingerprint density at radius 2 is 1.74 bits per heavy atom. The quantitative estimate of drug-likeness (QED) is 0.319. The van der Waals surface area contributed by atoms with Gasteiger partial charge in [0.15, 0.2) is 11.5 Å². The zero-order chi connectivity index (χ0) is 25.2. The topological polar surface area (TPSA) is 111 Å². The Balaban J connectivity index is 0.0000109. The highest BCUT2D eigenvalue weighted by atomic mass is 35.5. The third kappa shape index (κ3) is 11.1. The number of sulfonamides is 1. The highest BCUT2D eigenvalue weighted by Crippen LogP contribution is 2.31. The van der Waals surface area contributed by atoms with Crippen LogP contribution in [-0.4, -0.2) is 76.3 Å². The van der Waals surface area contributed by atoms with Gasteiger partial charge >= 0.3 is 0 Å². The summed E-state index contributed by atoms with van der Waals surface area (Å²) in [7, 11) is -0.145. The first-order chi connectivity index (χ1) is 15.4. The number of aliphatic hydroxyl groups excluding tert-OH is 1. The van der Waals surface area contributed by atoms with Crippen molar-refractivity contribution in [1.29, 1.82) is 0 Å². The molecule has 0 amide bonds. The molecule has 0 aliphatic heterocycles. The molecule has 1 aromatic rings. The number of rotatable bonds is 16.